The van der Waals surface area contributed by atoms with Crippen LogP contribution in [0, 0.1) is 0 Å². The molecule has 0 atom stereocenters. The van der Waals surface area contributed by atoms with Crippen molar-refractivity contribution < 1.29 is 27.9 Å². The van der Waals surface area contributed by atoms with Crippen molar-refractivity contribution in [2.75, 3.05) is 13.2 Å². The maximum atomic E-state index is 12.0. The van der Waals surface area contributed by atoms with Gasteiger partial charge in [0.2, 0.25) is 5.91 Å². The number of ether oxygens (including phenoxy) is 1. The largest absolute Gasteiger partial charge is 0.465 e. The summed E-state index contributed by atoms with van der Waals surface area (Å²) in [7, 11) is -3.91. The molecule has 1 aromatic carbocycles. The lowest BCUT2D eigenvalue weighted by molar-refractivity contribution is -0.119. The van der Waals surface area contributed by atoms with Crippen LogP contribution in [0.25, 0.3) is 0 Å². The normalized spacial score (nSPS) is 16.4. The molecule has 9 heteroatoms. The molecule has 0 aliphatic carbocycles. The Bertz CT molecular complexity index is 679. The number of carbonyl (C=O) groups excluding carboxylic acids is 1. The summed E-state index contributed by atoms with van der Waals surface area (Å²) in [5, 5.41) is 11.3. The van der Waals surface area contributed by atoms with E-state index < -0.39 is 27.6 Å². The van der Waals surface area contributed by atoms with E-state index in [9.17, 15) is 18.0 Å². The molecule has 2 rings (SSSR count). The smallest absolute Gasteiger partial charge is 0.405 e. The van der Waals surface area contributed by atoms with Gasteiger partial charge < -0.3 is 15.2 Å². The van der Waals surface area contributed by atoms with Gasteiger partial charge in [0.05, 0.1) is 18.1 Å². The van der Waals surface area contributed by atoms with Crippen molar-refractivity contribution in [3.8, 4) is 0 Å². The van der Waals surface area contributed by atoms with Gasteiger partial charge in [0, 0.05) is 6.42 Å². The summed E-state index contributed by atoms with van der Waals surface area (Å²) in [5.74, 6) is -0.597. The fraction of sp³-hybridized carbons (Fsp3) is 0.385. The zero-order valence-corrected chi connectivity index (χ0v) is 12.6. The quantitative estimate of drug-likeness (QED) is 0.719. The first-order valence-electron chi connectivity index (χ1n) is 6.54. The van der Waals surface area contributed by atoms with E-state index >= 15 is 0 Å². The van der Waals surface area contributed by atoms with Crippen LogP contribution in [0.15, 0.2) is 29.2 Å². The molecule has 8 nitrogen and oxygen atoms in total. The minimum absolute atomic E-state index is 0.0558. The van der Waals surface area contributed by atoms with Crippen LogP contribution in [0.5, 0.6) is 0 Å². The van der Waals surface area contributed by atoms with Crippen molar-refractivity contribution in [1.82, 2.24) is 10.0 Å². The molecule has 0 bridgehead atoms. The van der Waals surface area contributed by atoms with Gasteiger partial charge in [-0.15, -0.1) is 0 Å². The molecular formula is C13H16N2O6S. The predicted octanol–water partition coefficient (Wildman–Crippen LogP) is 0.395. The zero-order chi connectivity index (χ0) is 16.4. The number of carbonyl (C=O) groups is 2. The SMILES string of the molecule is CCC(=O)NS(=O)(=O)c1ccc(C2(NC(=O)O)COC2)cc1. The summed E-state index contributed by atoms with van der Waals surface area (Å²) in [6, 6.07) is 5.65. The van der Waals surface area contributed by atoms with Gasteiger partial charge in [0.1, 0.15) is 5.54 Å². The second-order valence-corrected chi connectivity index (χ2v) is 6.59. The molecule has 1 aliphatic rings. The Balaban J connectivity index is 2.23. The molecule has 1 aromatic rings. The summed E-state index contributed by atoms with van der Waals surface area (Å²) < 4.78 is 30.9. The standard InChI is InChI=1S/C13H16N2O6S/c1-2-11(16)15-22(19,20)10-5-3-9(4-6-10)13(7-21-8-13)14-12(17)18/h3-6,14H,2,7-8H2,1H3,(H,15,16)(H,17,18). The van der Waals surface area contributed by atoms with Crippen LogP contribution in [0.4, 0.5) is 4.79 Å². The number of amides is 2. The van der Waals surface area contributed by atoms with E-state index in [-0.39, 0.29) is 24.5 Å². The van der Waals surface area contributed by atoms with Gasteiger partial charge in [-0.05, 0) is 17.7 Å². The fourth-order valence-corrected chi connectivity index (χ4v) is 3.11. The van der Waals surface area contributed by atoms with Gasteiger partial charge in [-0.3, -0.25) is 4.79 Å². The lowest BCUT2D eigenvalue weighted by atomic mass is 9.88. The van der Waals surface area contributed by atoms with Gasteiger partial charge in [-0.1, -0.05) is 19.1 Å². The Morgan fingerprint density at radius 3 is 2.27 bits per heavy atom. The van der Waals surface area contributed by atoms with E-state index in [0.717, 1.165) is 0 Å². The van der Waals surface area contributed by atoms with Crippen molar-refractivity contribution in [2.24, 2.45) is 0 Å². The van der Waals surface area contributed by atoms with E-state index in [0.29, 0.717) is 5.56 Å². The predicted molar refractivity (Wildman–Crippen MR) is 75.7 cm³/mol. The highest BCUT2D eigenvalue weighted by Crippen LogP contribution is 2.30. The molecule has 1 fully saturated rings. The maximum absolute atomic E-state index is 12.0. The van der Waals surface area contributed by atoms with Crippen molar-refractivity contribution in [3.63, 3.8) is 0 Å². The monoisotopic (exact) mass is 328 g/mol. The fourth-order valence-electron chi connectivity index (χ4n) is 2.06. The van der Waals surface area contributed by atoms with Crippen LogP contribution in [-0.2, 0) is 25.1 Å². The van der Waals surface area contributed by atoms with Gasteiger partial charge >= 0.3 is 6.09 Å². The van der Waals surface area contributed by atoms with E-state index in [1.54, 1.807) is 6.92 Å². The summed E-state index contributed by atoms with van der Waals surface area (Å²) in [6.45, 7) is 1.90. The molecule has 3 N–H and O–H groups in total. The molecule has 1 saturated heterocycles. The Morgan fingerprint density at radius 2 is 1.86 bits per heavy atom. The van der Waals surface area contributed by atoms with E-state index in [1.807, 2.05) is 4.72 Å². The minimum atomic E-state index is -3.91. The van der Waals surface area contributed by atoms with Crippen LogP contribution in [0.1, 0.15) is 18.9 Å². The number of benzene rings is 1. The lowest BCUT2D eigenvalue weighted by Gasteiger charge is -2.41. The molecule has 1 aliphatic heterocycles. The van der Waals surface area contributed by atoms with Crippen LogP contribution < -0.4 is 10.0 Å². The summed E-state index contributed by atoms with van der Waals surface area (Å²) in [4.78, 5) is 22.0. The highest BCUT2D eigenvalue weighted by atomic mass is 32.2. The van der Waals surface area contributed by atoms with Crippen molar-refractivity contribution in [1.29, 1.82) is 0 Å². The molecular weight excluding hydrogens is 312 g/mol. The van der Waals surface area contributed by atoms with Crippen LogP contribution in [0.3, 0.4) is 0 Å². The summed E-state index contributed by atoms with van der Waals surface area (Å²) in [5.41, 5.74) is -0.261. The topological polar surface area (TPSA) is 122 Å². The third-order valence-electron chi connectivity index (χ3n) is 3.33. The van der Waals surface area contributed by atoms with Gasteiger partial charge in [-0.25, -0.2) is 17.9 Å². The van der Waals surface area contributed by atoms with Crippen LogP contribution in [0.2, 0.25) is 0 Å². The van der Waals surface area contributed by atoms with E-state index in [2.05, 4.69) is 5.32 Å². The summed E-state index contributed by atoms with van der Waals surface area (Å²) in [6.07, 6.45) is -1.13. The number of sulfonamides is 1. The third-order valence-corrected chi connectivity index (χ3v) is 4.72. The first-order chi connectivity index (χ1) is 10.3. The highest BCUT2D eigenvalue weighted by molar-refractivity contribution is 7.90. The molecule has 1 heterocycles. The second kappa shape index (κ2) is 5.93. The number of rotatable bonds is 5. The molecule has 0 spiro atoms. The average Bonchev–Trinajstić information content (AvgIpc) is 2.42. The second-order valence-electron chi connectivity index (χ2n) is 4.91. The summed E-state index contributed by atoms with van der Waals surface area (Å²) >= 11 is 0. The first kappa shape index (κ1) is 16.2. The third kappa shape index (κ3) is 3.20. The van der Waals surface area contributed by atoms with Crippen molar-refractivity contribution in [2.45, 2.75) is 23.8 Å². The Kier molecular flexibility index (Phi) is 4.38. The molecule has 120 valence electrons. The van der Waals surface area contributed by atoms with E-state index in [4.69, 9.17) is 9.84 Å². The highest BCUT2D eigenvalue weighted by Gasteiger charge is 2.42. The number of hydrogen-bond acceptors (Lipinski definition) is 5. The lowest BCUT2D eigenvalue weighted by Crippen LogP contribution is -2.59. The van der Waals surface area contributed by atoms with Gasteiger partial charge in [-0.2, -0.15) is 0 Å². The molecule has 2 amide bonds. The Hall–Kier alpha value is -2.13. The van der Waals surface area contributed by atoms with Crippen molar-refractivity contribution >= 4 is 22.0 Å². The molecule has 22 heavy (non-hydrogen) atoms. The number of carboxylic acid groups (broad SMARTS) is 1. The number of hydrogen-bond donors (Lipinski definition) is 3. The van der Waals surface area contributed by atoms with Crippen LogP contribution in [-0.4, -0.2) is 38.7 Å². The molecule has 0 aromatic heterocycles. The van der Waals surface area contributed by atoms with Crippen molar-refractivity contribution in [3.05, 3.63) is 29.8 Å². The molecule has 0 saturated carbocycles. The van der Waals surface area contributed by atoms with E-state index in [1.165, 1.54) is 24.3 Å². The average molecular weight is 328 g/mol. The minimum Gasteiger partial charge on any atom is -0.465 e. The van der Waals surface area contributed by atoms with Crippen LogP contribution >= 0.6 is 0 Å². The Morgan fingerprint density at radius 1 is 1.27 bits per heavy atom. The van der Waals surface area contributed by atoms with Gasteiger partial charge in [0.15, 0.2) is 0 Å². The molecule has 0 unspecified atom stereocenters. The zero-order valence-electron chi connectivity index (χ0n) is 11.8. The molecule has 0 radical (unpaired) electrons. The number of nitrogens with one attached hydrogen (secondary N) is 2. The van der Waals surface area contributed by atoms with Gasteiger partial charge in [0.25, 0.3) is 10.0 Å². The first-order valence-corrected chi connectivity index (χ1v) is 8.02. The maximum Gasteiger partial charge on any atom is 0.405 e. The Labute approximate surface area is 127 Å².